The first-order valence-electron chi connectivity index (χ1n) is 10.4. The minimum atomic E-state index is -4.49. The van der Waals surface area contributed by atoms with E-state index in [1.807, 2.05) is 54.0 Å². The molecule has 0 radical (unpaired) electrons. The molecule has 3 heterocycles. The SMILES string of the molecule is CC1(C)CN(C(=O)Nc2ccccc2)C2(CCN(c3ncc(C(F)(F)F)cc3Cl)CC2)N1. The fourth-order valence-electron chi connectivity index (χ4n) is 4.56. The third-order valence-corrected chi connectivity index (χ3v) is 6.23. The average Bonchev–Trinajstić information content (AvgIpc) is 2.99. The van der Waals surface area contributed by atoms with Gasteiger partial charge in [-0.1, -0.05) is 29.8 Å². The second-order valence-electron chi connectivity index (χ2n) is 8.94. The van der Waals surface area contributed by atoms with Crippen molar-refractivity contribution in [2.75, 3.05) is 29.9 Å². The summed E-state index contributed by atoms with van der Waals surface area (Å²) in [6.45, 7) is 5.62. The van der Waals surface area contributed by atoms with E-state index in [1.54, 1.807) is 0 Å². The molecule has 6 nitrogen and oxygen atoms in total. The molecule has 10 heteroatoms. The van der Waals surface area contributed by atoms with Gasteiger partial charge in [0.05, 0.1) is 16.2 Å². The van der Waals surface area contributed by atoms with Gasteiger partial charge in [0.1, 0.15) is 5.82 Å². The molecular weight excluding hydrogens is 443 g/mol. The number of nitrogens with zero attached hydrogens (tertiary/aromatic N) is 3. The van der Waals surface area contributed by atoms with Gasteiger partial charge in [-0.05, 0) is 32.0 Å². The van der Waals surface area contributed by atoms with Gasteiger partial charge in [0.25, 0.3) is 0 Å². The Labute approximate surface area is 189 Å². The topological polar surface area (TPSA) is 60.5 Å². The third-order valence-electron chi connectivity index (χ3n) is 5.95. The van der Waals surface area contributed by atoms with E-state index in [2.05, 4.69) is 15.6 Å². The molecule has 1 spiro atoms. The zero-order valence-corrected chi connectivity index (χ0v) is 18.6. The van der Waals surface area contributed by atoms with Gasteiger partial charge in [-0.15, -0.1) is 0 Å². The number of alkyl halides is 3. The second-order valence-corrected chi connectivity index (χ2v) is 9.34. The van der Waals surface area contributed by atoms with Gasteiger partial charge in [0.15, 0.2) is 0 Å². The Hall–Kier alpha value is -2.52. The Bertz CT molecular complexity index is 991. The highest BCUT2D eigenvalue weighted by atomic mass is 35.5. The first-order chi connectivity index (χ1) is 15.0. The molecule has 0 atom stereocenters. The molecule has 2 aromatic rings. The number of hydrogen-bond donors (Lipinski definition) is 2. The Morgan fingerprint density at radius 2 is 1.84 bits per heavy atom. The van der Waals surface area contributed by atoms with E-state index in [-0.39, 0.29) is 16.6 Å². The van der Waals surface area contributed by atoms with E-state index in [9.17, 15) is 18.0 Å². The fourth-order valence-corrected chi connectivity index (χ4v) is 4.85. The zero-order chi connectivity index (χ0) is 23.1. The average molecular weight is 468 g/mol. The maximum Gasteiger partial charge on any atom is 0.417 e. The van der Waals surface area contributed by atoms with Crippen molar-refractivity contribution in [1.29, 1.82) is 0 Å². The monoisotopic (exact) mass is 467 g/mol. The van der Waals surface area contributed by atoms with Crippen LogP contribution >= 0.6 is 11.6 Å². The standard InChI is InChI=1S/C22H25ClF3N5O/c1-20(2)14-31(19(32)28-16-6-4-3-5-7-16)21(29-20)8-10-30(11-9-21)18-17(23)12-15(13-27-18)22(24,25)26/h3-7,12-13,29H,8-11,14H2,1-2H3,(H,28,32). The molecule has 0 aliphatic carbocycles. The Kier molecular flexibility index (Phi) is 5.75. The summed E-state index contributed by atoms with van der Waals surface area (Å²) < 4.78 is 38.8. The van der Waals surface area contributed by atoms with E-state index in [1.165, 1.54) is 0 Å². The quantitative estimate of drug-likeness (QED) is 0.655. The summed E-state index contributed by atoms with van der Waals surface area (Å²) in [5, 5.41) is 6.54. The number of aromatic nitrogens is 1. The van der Waals surface area contributed by atoms with Crippen LogP contribution in [0.15, 0.2) is 42.6 Å². The predicted octanol–water partition coefficient (Wildman–Crippen LogP) is 4.97. The van der Waals surface area contributed by atoms with Gasteiger partial charge in [0, 0.05) is 49.9 Å². The highest BCUT2D eigenvalue weighted by Crippen LogP contribution is 2.39. The number of piperidine rings is 1. The molecule has 0 saturated carbocycles. The molecule has 2 amide bonds. The van der Waals surface area contributed by atoms with Gasteiger partial charge >= 0.3 is 12.2 Å². The summed E-state index contributed by atoms with van der Waals surface area (Å²) in [5.41, 5.74) is -0.990. The predicted molar refractivity (Wildman–Crippen MR) is 118 cm³/mol. The number of hydrogen-bond acceptors (Lipinski definition) is 4. The zero-order valence-electron chi connectivity index (χ0n) is 17.8. The van der Waals surface area contributed by atoms with Crippen molar-refractivity contribution < 1.29 is 18.0 Å². The van der Waals surface area contributed by atoms with Gasteiger partial charge < -0.3 is 15.1 Å². The lowest BCUT2D eigenvalue weighted by Crippen LogP contribution is -2.61. The Morgan fingerprint density at radius 3 is 2.44 bits per heavy atom. The van der Waals surface area contributed by atoms with Gasteiger partial charge in [-0.2, -0.15) is 13.2 Å². The van der Waals surface area contributed by atoms with Crippen molar-refractivity contribution in [2.24, 2.45) is 0 Å². The van der Waals surface area contributed by atoms with Crippen molar-refractivity contribution in [3.05, 3.63) is 53.2 Å². The van der Waals surface area contributed by atoms with E-state index in [4.69, 9.17) is 11.6 Å². The Morgan fingerprint density at radius 1 is 1.19 bits per heavy atom. The molecule has 2 fully saturated rings. The molecule has 2 saturated heterocycles. The first-order valence-corrected chi connectivity index (χ1v) is 10.8. The van der Waals surface area contributed by atoms with E-state index < -0.39 is 17.4 Å². The second kappa shape index (κ2) is 8.12. The Balaban J connectivity index is 1.50. The number of benzene rings is 1. The van der Waals surface area contributed by atoms with Crippen molar-refractivity contribution >= 4 is 29.1 Å². The number of carbonyl (C=O) groups is 1. The van der Waals surface area contributed by atoms with Crippen LogP contribution in [0.4, 0.5) is 29.5 Å². The number of carbonyl (C=O) groups excluding carboxylic acids is 1. The number of amides is 2. The first kappa shape index (κ1) is 22.7. The van der Waals surface area contributed by atoms with Gasteiger partial charge in [-0.25, -0.2) is 9.78 Å². The van der Waals surface area contributed by atoms with Crippen LogP contribution in [0.5, 0.6) is 0 Å². The molecule has 172 valence electrons. The largest absolute Gasteiger partial charge is 0.417 e. The van der Waals surface area contributed by atoms with Crippen molar-refractivity contribution in [3.63, 3.8) is 0 Å². The van der Waals surface area contributed by atoms with Crippen molar-refractivity contribution in [3.8, 4) is 0 Å². The normalized spacial score (nSPS) is 19.9. The summed E-state index contributed by atoms with van der Waals surface area (Å²) in [5.74, 6) is 0.326. The summed E-state index contributed by atoms with van der Waals surface area (Å²) in [4.78, 5) is 20.8. The van der Waals surface area contributed by atoms with Gasteiger partial charge in [0.2, 0.25) is 0 Å². The number of nitrogens with one attached hydrogen (secondary N) is 2. The smallest absolute Gasteiger partial charge is 0.355 e. The van der Waals surface area contributed by atoms with Crippen LogP contribution < -0.4 is 15.5 Å². The number of anilines is 2. The maximum absolute atomic E-state index is 13.1. The molecule has 0 bridgehead atoms. The van der Waals surface area contributed by atoms with Crippen LogP contribution in [0, 0.1) is 0 Å². The highest BCUT2D eigenvalue weighted by molar-refractivity contribution is 6.33. The van der Waals surface area contributed by atoms with Crippen molar-refractivity contribution in [1.82, 2.24) is 15.2 Å². The van der Waals surface area contributed by atoms with Crippen LogP contribution in [0.3, 0.4) is 0 Å². The van der Waals surface area contributed by atoms with E-state index >= 15 is 0 Å². The molecule has 32 heavy (non-hydrogen) atoms. The van der Waals surface area contributed by atoms with Crippen LogP contribution in [0.25, 0.3) is 0 Å². The minimum Gasteiger partial charge on any atom is -0.355 e. The number of halogens is 4. The molecule has 1 aromatic heterocycles. The lowest BCUT2D eigenvalue weighted by Gasteiger charge is -2.45. The summed E-state index contributed by atoms with van der Waals surface area (Å²) in [6, 6.07) is 9.99. The summed E-state index contributed by atoms with van der Waals surface area (Å²) in [7, 11) is 0. The summed E-state index contributed by atoms with van der Waals surface area (Å²) >= 11 is 6.14. The lowest BCUT2D eigenvalue weighted by molar-refractivity contribution is -0.137. The highest BCUT2D eigenvalue weighted by Gasteiger charge is 2.52. The fraction of sp³-hybridized carbons (Fsp3) is 0.455. The van der Waals surface area contributed by atoms with Crippen LogP contribution in [0.2, 0.25) is 5.02 Å². The van der Waals surface area contributed by atoms with Crippen molar-refractivity contribution in [2.45, 2.75) is 44.1 Å². The number of pyridine rings is 1. The maximum atomic E-state index is 13.1. The van der Waals surface area contributed by atoms with E-state index in [0.29, 0.717) is 38.3 Å². The van der Waals surface area contributed by atoms with E-state index in [0.717, 1.165) is 18.0 Å². The van der Waals surface area contributed by atoms with Crippen LogP contribution in [-0.4, -0.2) is 46.8 Å². The number of rotatable bonds is 2. The molecule has 4 rings (SSSR count). The van der Waals surface area contributed by atoms with Crippen LogP contribution in [0.1, 0.15) is 32.3 Å². The molecule has 1 aromatic carbocycles. The third kappa shape index (κ3) is 4.49. The minimum absolute atomic E-state index is 0.0332. The number of urea groups is 1. The molecule has 0 unspecified atom stereocenters. The lowest BCUT2D eigenvalue weighted by atomic mass is 9.95. The molecule has 2 aliphatic heterocycles. The summed E-state index contributed by atoms with van der Waals surface area (Å²) in [6.07, 6.45) is -2.52. The van der Waals surface area contributed by atoms with Gasteiger partial charge in [-0.3, -0.25) is 5.32 Å². The molecular formula is C22H25ClF3N5O. The van der Waals surface area contributed by atoms with Crippen LogP contribution in [-0.2, 0) is 6.18 Å². The molecule has 2 aliphatic rings. The number of para-hydroxylation sites is 1. The molecule has 2 N–H and O–H groups in total.